The zero-order chi connectivity index (χ0) is 23.5. The molecule has 0 saturated heterocycles. The van der Waals surface area contributed by atoms with Crippen LogP contribution in [-0.2, 0) is 19.1 Å². The molecule has 1 N–H and O–H groups in total. The number of Topliss-reactive ketones (excluding diaryl/α,β-unsaturated/α-hetero) is 1. The van der Waals surface area contributed by atoms with Gasteiger partial charge in [-0.1, -0.05) is 39.0 Å². The highest BCUT2D eigenvalue weighted by molar-refractivity contribution is 6.04. The molecule has 0 unspecified atom stereocenters. The van der Waals surface area contributed by atoms with E-state index in [9.17, 15) is 19.7 Å². The Kier molecular flexibility index (Phi) is 7.13. The molecule has 0 saturated carbocycles. The summed E-state index contributed by atoms with van der Waals surface area (Å²) in [6.45, 7) is 8.63. The summed E-state index contributed by atoms with van der Waals surface area (Å²) in [5.41, 5.74) is 1.83. The predicted molar refractivity (Wildman–Crippen MR) is 119 cm³/mol. The van der Waals surface area contributed by atoms with Gasteiger partial charge >= 0.3 is 5.97 Å². The van der Waals surface area contributed by atoms with E-state index in [4.69, 9.17) is 9.47 Å². The van der Waals surface area contributed by atoms with Gasteiger partial charge in [-0.25, -0.2) is 4.79 Å². The second kappa shape index (κ2) is 9.65. The molecule has 1 aromatic carbocycles. The molecule has 1 aliphatic heterocycles. The first-order chi connectivity index (χ1) is 15.2. The molecule has 8 nitrogen and oxygen atoms in total. The van der Waals surface area contributed by atoms with Crippen LogP contribution in [0, 0.1) is 15.5 Å². The van der Waals surface area contributed by atoms with Crippen LogP contribution in [0.2, 0.25) is 0 Å². The summed E-state index contributed by atoms with van der Waals surface area (Å²) in [6.07, 6.45) is 1.77. The summed E-state index contributed by atoms with van der Waals surface area (Å²) in [7, 11) is 0. The van der Waals surface area contributed by atoms with Crippen molar-refractivity contribution >= 4 is 17.4 Å². The van der Waals surface area contributed by atoms with E-state index in [1.54, 1.807) is 25.1 Å². The maximum Gasteiger partial charge on any atom is 0.336 e. The van der Waals surface area contributed by atoms with E-state index in [2.05, 4.69) is 5.32 Å². The molecule has 0 bridgehead atoms. The number of para-hydroxylation sites is 1. The van der Waals surface area contributed by atoms with Gasteiger partial charge in [-0.15, -0.1) is 0 Å². The van der Waals surface area contributed by atoms with E-state index in [0.717, 1.165) is 12.1 Å². The quantitative estimate of drug-likeness (QED) is 0.279. The Morgan fingerprint density at radius 1 is 1.22 bits per heavy atom. The number of rotatable bonds is 8. The molecule has 2 aliphatic rings. The van der Waals surface area contributed by atoms with Gasteiger partial charge in [-0.3, -0.25) is 14.9 Å². The summed E-state index contributed by atoms with van der Waals surface area (Å²) >= 11 is 0. The normalized spacial score (nSPS) is 20.0. The van der Waals surface area contributed by atoms with Gasteiger partial charge in [-0.05, 0) is 25.2 Å². The number of ether oxygens (including phenoxy) is 2. The maximum atomic E-state index is 13.3. The molecule has 0 fully saturated rings. The topological polar surface area (TPSA) is 108 Å². The lowest BCUT2D eigenvalue weighted by molar-refractivity contribution is -0.385. The van der Waals surface area contributed by atoms with E-state index < -0.39 is 16.8 Å². The van der Waals surface area contributed by atoms with E-state index in [0.29, 0.717) is 36.3 Å². The van der Waals surface area contributed by atoms with Crippen LogP contribution in [0.15, 0.2) is 46.8 Å². The van der Waals surface area contributed by atoms with Gasteiger partial charge in [0.15, 0.2) is 5.78 Å². The molecule has 0 amide bonds. The number of allylic oxidation sites excluding steroid dienone is 3. The molecule has 1 aliphatic carbocycles. The zero-order valence-electron chi connectivity index (χ0n) is 19.0. The smallest absolute Gasteiger partial charge is 0.336 e. The van der Waals surface area contributed by atoms with Crippen LogP contribution in [0.1, 0.15) is 58.4 Å². The van der Waals surface area contributed by atoms with Crippen molar-refractivity contribution in [2.45, 2.75) is 52.9 Å². The Hall–Kier alpha value is -3.00. The van der Waals surface area contributed by atoms with Crippen LogP contribution >= 0.6 is 0 Å². The van der Waals surface area contributed by atoms with Crippen molar-refractivity contribution in [3.8, 4) is 0 Å². The van der Waals surface area contributed by atoms with Crippen LogP contribution in [0.5, 0.6) is 0 Å². The predicted octanol–water partition coefficient (Wildman–Crippen LogP) is 4.17. The number of carbonyl (C=O) groups is 2. The summed E-state index contributed by atoms with van der Waals surface area (Å²) < 4.78 is 10.8. The van der Waals surface area contributed by atoms with Gasteiger partial charge in [0.2, 0.25) is 0 Å². The maximum absolute atomic E-state index is 13.3. The minimum absolute atomic E-state index is 0.0616. The summed E-state index contributed by atoms with van der Waals surface area (Å²) in [4.78, 5) is 37.7. The fourth-order valence-corrected chi connectivity index (χ4v) is 4.43. The number of nitro groups is 1. The van der Waals surface area contributed by atoms with Crippen molar-refractivity contribution < 1.29 is 24.0 Å². The van der Waals surface area contributed by atoms with E-state index in [1.165, 1.54) is 6.07 Å². The highest BCUT2D eigenvalue weighted by Crippen LogP contribution is 2.48. The Labute approximate surface area is 187 Å². The number of dihydropyridines is 1. The number of nitrogens with zero attached hydrogens (tertiary/aromatic N) is 1. The van der Waals surface area contributed by atoms with E-state index in [-0.39, 0.29) is 35.7 Å². The van der Waals surface area contributed by atoms with Gasteiger partial charge in [0.1, 0.15) is 6.61 Å². The van der Waals surface area contributed by atoms with Crippen LogP contribution in [0.4, 0.5) is 5.69 Å². The molecule has 1 heterocycles. The fourth-order valence-electron chi connectivity index (χ4n) is 4.43. The summed E-state index contributed by atoms with van der Waals surface area (Å²) in [5.74, 6) is -1.58. The SMILES string of the molecule is CCCOCCOC(=O)C1=C(C)NC2=C(C(=O)CC(C)(C)C2)[C@H]1c1ccccc1[N+](=O)[O-]. The van der Waals surface area contributed by atoms with Crippen molar-refractivity contribution in [2.24, 2.45) is 5.41 Å². The zero-order valence-corrected chi connectivity index (χ0v) is 19.0. The third-order valence-corrected chi connectivity index (χ3v) is 5.71. The molecule has 172 valence electrons. The molecule has 0 aromatic heterocycles. The monoisotopic (exact) mass is 442 g/mol. The van der Waals surface area contributed by atoms with Gasteiger partial charge in [-0.2, -0.15) is 0 Å². The minimum Gasteiger partial charge on any atom is -0.460 e. The van der Waals surface area contributed by atoms with Crippen molar-refractivity contribution in [1.82, 2.24) is 5.32 Å². The summed E-state index contributed by atoms with van der Waals surface area (Å²) in [6, 6.07) is 6.25. The van der Waals surface area contributed by atoms with Gasteiger partial charge in [0, 0.05) is 41.6 Å². The Bertz CT molecular complexity index is 992. The van der Waals surface area contributed by atoms with Crippen molar-refractivity contribution in [2.75, 3.05) is 19.8 Å². The molecular weight excluding hydrogens is 412 g/mol. The van der Waals surface area contributed by atoms with Crippen LogP contribution < -0.4 is 5.32 Å². The first-order valence-electron chi connectivity index (χ1n) is 10.9. The highest BCUT2D eigenvalue weighted by atomic mass is 16.6. The van der Waals surface area contributed by atoms with Crippen molar-refractivity contribution in [1.29, 1.82) is 0 Å². The second-order valence-corrected chi connectivity index (χ2v) is 8.99. The Balaban J connectivity index is 2.05. The highest BCUT2D eigenvalue weighted by Gasteiger charge is 2.44. The second-order valence-electron chi connectivity index (χ2n) is 8.99. The molecular formula is C24H30N2O6. The van der Waals surface area contributed by atoms with Gasteiger partial charge < -0.3 is 14.8 Å². The van der Waals surface area contributed by atoms with Crippen molar-refractivity contribution in [3.05, 3.63) is 62.5 Å². The average molecular weight is 443 g/mol. The third kappa shape index (κ3) is 4.91. The lowest BCUT2D eigenvalue weighted by Gasteiger charge is -2.39. The number of hydrogen-bond acceptors (Lipinski definition) is 7. The standard InChI is InChI=1S/C24H30N2O6/c1-5-10-31-11-12-32-23(28)20-15(2)25-17-13-24(3,4)14-19(27)22(17)21(20)16-8-6-7-9-18(16)26(29)30/h6-9,21,25H,5,10-14H2,1-4H3/t21-/m0/s1. The van der Waals surface area contributed by atoms with Crippen LogP contribution in [0.3, 0.4) is 0 Å². The Morgan fingerprint density at radius 2 is 1.94 bits per heavy atom. The number of esters is 1. The first-order valence-corrected chi connectivity index (χ1v) is 10.9. The van der Waals surface area contributed by atoms with E-state index in [1.807, 2.05) is 20.8 Å². The average Bonchev–Trinajstić information content (AvgIpc) is 2.71. The van der Waals surface area contributed by atoms with Crippen LogP contribution in [-0.4, -0.2) is 36.5 Å². The molecule has 0 spiro atoms. The third-order valence-electron chi connectivity index (χ3n) is 5.71. The first kappa shape index (κ1) is 23.7. The lowest BCUT2D eigenvalue weighted by Crippen LogP contribution is -2.39. The van der Waals surface area contributed by atoms with Crippen molar-refractivity contribution in [3.63, 3.8) is 0 Å². The molecule has 8 heteroatoms. The molecule has 1 atom stereocenters. The number of hydrogen-bond donors (Lipinski definition) is 1. The summed E-state index contributed by atoms with van der Waals surface area (Å²) in [5, 5.41) is 15.0. The minimum atomic E-state index is -0.861. The van der Waals surface area contributed by atoms with Gasteiger partial charge in [0.25, 0.3) is 5.69 Å². The van der Waals surface area contributed by atoms with E-state index >= 15 is 0 Å². The molecule has 32 heavy (non-hydrogen) atoms. The molecule has 3 rings (SSSR count). The lowest BCUT2D eigenvalue weighted by atomic mass is 9.68. The van der Waals surface area contributed by atoms with Gasteiger partial charge in [0.05, 0.1) is 23.0 Å². The number of carbonyl (C=O) groups excluding carboxylic acids is 2. The number of benzene rings is 1. The number of nitrogens with one attached hydrogen (secondary N) is 1. The number of nitro benzene ring substituents is 1. The molecule has 0 radical (unpaired) electrons. The molecule has 1 aromatic rings. The number of ketones is 1. The Morgan fingerprint density at radius 3 is 2.62 bits per heavy atom. The fraction of sp³-hybridized carbons (Fsp3) is 0.500. The largest absolute Gasteiger partial charge is 0.460 e. The van der Waals surface area contributed by atoms with Crippen LogP contribution in [0.25, 0.3) is 0 Å².